The largest absolute Gasteiger partial charge is 0.316 e. The van der Waals surface area contributed by atoms with Gasteiger partial charge in [-0.1, -0.05) is 43.1 Å². The normalized spacial score (nSPS) is 11.0. The molecule has 0 atom stereocenters. The highest BCUT2D eigenvalue weighted by molar-refractivity contribution is 6.35. The van der Waals surface area contributed by atoms with Gasteiger partial charge in [0.1, 0.15) is 0 Å². The Labute approximate surface area is 102 Å². The Bertz CT molecular complexity index is 290. The van der Waals surface area contributed by atoms with Crippen molar-refractivity contribution in [1.29, 1.82) is 0 Å². The predicted octanol–water partition coefficient (Wildman–Crippen LogP) is 3.78. The maximum absolute atomic E-state index is 6.06. The number of nitrogens with one attached hydrogen (secondary N) is 1. The molecule has 0 radical (unpaired) electrons. The zero-order valence-electron chi connectivity index (χ0n) is 9.19. The van der Waals surface area contributed by atoms with Crippen LogP contribution in [-0.4, -0.2) is 13.1 Å². The molecule has 3 heteroatoms. The fourth-order valence-electron chi connectivity index (χ4n) is 1.38. The second-order valence-electron chi connectivity index (χ2n) is 4.05. The summed E-state index contributed by atoms with van der Waals surface area (Å²) in [6.45, 7) is 6.33. The second kappa shape index (κ2) is 6.37. The van der Waals surface area contributed by atoms with Crippen molar-refractivity contribution in [2.24, 2.45) is 5.92 Å². The van der Waals surface area contributed by atoms with Crippen molar-refractivity contribution in [2.75, 3.05) is 13.1 Å². The molecule has 84 valence electrons. The summed E-state index contributed by atoms with van der Waals surface area (Å²) in [5.74, 6) is 0.673. The van der Waals surface area contributed by atoms with E-state index in [0.717, 1.165) is 35.1 Å². The SMILES string of the molecule is CC(C)CNCCc1c(Cl)cccc1Cl. The lowest BCUT2D eigenvalue weighted by molar-refractivity contribution is 0.554. The van der Waals surface area contributed by atoms with Gasteiger partial charge in [0.15, 0.2) is 0 Å². The van der Waals surface area contributed by atoms with Gasteiger partial charge in [-0.15, -0.1) is 0 Å². The minimum atomic E-state index is 0.673. The Morgan fingerprint density at radius 2 is 1.80 bits per heavy atom. The first-order valence-electron chi connectivity index (χ1n) is 5.25. The van der Waals surface area contributed by atoms with Crippen LogP contribution in [0, 0.1) is 5.92 Å². The lowest BCUT2D eigenvalue weighted by Gasteiger charge is -2.09. The van der Waals surface area contributed by atoms with E-state index in [-0.39, 0.29) is 0 Å². The van der Waals surface area contributed by atoms with Gasteiger partial charge in [0, 0.05) is 10.0 Å². The molecular formula is C12H17Cl2N. The van der Waals surface area contributed by atoms with Crippen LogP contribution in [0.15, 0.2) is 18.2 Å². The molecule has 0 aliphatic carbocycles. The lowest BCUT2D eigenvalue weighted by Crippen LogP contribution is -2.22. The van der Waals surface area contributed by atoms with E-state index >= 15 is 0 Å². The molecule has 0 saturated carbocycles. The van der Waals surface area contributed by atoms with Gasteiger partial charge in [0.25, 0.3) is 0 Å². The Morgan fingerprint density at radius 1 is 1.20 bits per heavy atom. The Kier molecular flexibility index (Phi) is 5.44. The van der Waals surface area contributed by atoms with E-state index in [1.807, 2.05) is 18.2 Å². The molecule has 1 N–H and O–H groups in total. The van der Waals surface area contributed by atoms with Crippen LogP contribution in [0.1, 0.15) is 19.4 Å². The zero-order valence-corrected chi connectivity index (χ0v) is 10.7. The van der Waals surface area contributed by atoms with E-state index in [4.69, 9.17) is 23.2 Å². The number of benzene rings is 1. The summed E-state index contributed by atoms with van der Waals surface area (Å²) in [6.07, 6.45) is 0.880. The third kappa shape index (κ3) is 4.42. The van der Waals surface area contributed by atoms with Gasteiger partial charge in [0.05, 0.1) is 0 Å². The van der Waals surface area contributed by atoms with Crippen LogP contribution in [0.3, 0.4) is 0 Å². The van der Waals surface area contributed by atoms with E-state index in [0.29, 0.717) is 5.92 Å². The van der Waals surface area contributed by atoms with Crippen LogP contribution in [0.4, 0.5) is 0 Å². The van der Waals surface area contributed by atoms with Gasteiger partial charge in [-0.3, -0.25) is 0 Å². The van der Waals surface area contributed by atoms with E-state index in [9.17, 15) is 0 Å². The van der Waals surface area contributed by atoms with Crippen LogP contribution in [0.5, 0.6) is 0 Å². The molecule has 0 fully saturated rings. The number of halogens is 2. The monoisotopic (exact) mass is 245 g/mol. The van der Waals surface area contributed by atoms with Crippen molar-refractivity contribution in [3.63, 3.8) is 0 Å². The number of hydrogen-bond acceptors (Lipinski definition) is 1. The molecule has 0 saturated heterocycles. The van der Waals surface area contributed by atoms with Gasteiger partial charge in [0.2, 0.25) is 0 Å². The summed E-state index contributed by atoms with van der Waals surface area (Å²) in [6, 6.07) is 5.63. The summed E-state index contributed by atoms with van der Waals surface area (Å²) in [7, 11) is 0. The molecule has 1 rings (SSSR count). The van der Waals surface area contributed by atoms with Crippen molar-refractivity contribution in [3.8, 4) is 0 Å². The standard InChI is InChI=1S/C12H17Cl2N/c1-9(2)8-15-7-6-10-11(13)4-3-5-12(10)14/h3-5,9,15H,6-8H2,1-2H3. The summed E-state index contributed by atoms with van der Waals surface area (Å²) < 4.78 is 0. The molecule has 0 aliphatic rings. The molecule has 0 bridgehead atoms. The topological polar surface area (TPSA) is 12.0 Å². The first kappa shape index (κ1) is 12.8. The minimum Gasteiger partial charge on any atom is -0.316 e. The predicted molar refractivity (Wildman–Crippen MR) is 67.9 cm³/mol. The van der Waals surface area contributed by atoms with E-state index in [1.165, 1.54) is 0 Å². The molecule has 0 amide bonds. The minimum absolute atomic E-state index is 0.673. The average molecular weight is 246 g/mol. The van der Waals surface area contributed by atoms with Crippen molar-refractivity contribution >= 4 is 23.2 Å². The van der Waals surface area contributed by atoms with Gasteiger partial charge >= 0.3 is 0 Å². The maximum atomic E-state index is 6.06. The van der Waals surface area contributed by atoms with Gasteiger partial charge < -0.3 is 5.32 Å². The molecular weight excluding hydrogens is 229 g/mol. The van der Waals surface area contributed by atoms with Crippen molar-refractivity contribution < 1.29 is 0 Å². The van der Waals surface area contributed by atoms with Crippen molar-refractivity contribution in [3.05, 3.63) is 33.8 Å². The second-order valence-corrected chi connectivity index (χ2v) is 4.86. The number of rotatable bonds is 5. The van der Waals surface area contributed by atoms with Crippen molar-refractivity contribution in [2.45, 2.75) is 20.3 Å². The molecule has 1 aromatic rings. The Morgan fingerprint density at radius 3 is 2.33 bits per heavy atom. The quantitative estimate of drug-likeness (QED) is 0.779. The van der Waals surface area contributed by atoms with Gasteiger partial charge in [-0.2, -0.15) is 0 Å². The smallest absolute Gasteiger partial charge is 0.0453 e. The highest BCUT2D eigenvalue weighted by atomic mass is 35.5. The van der Waals surface area contributed by atoms with E-state index < -0.39 is 0 Å². The van der Waals surface area contributed by atoms with Crippen LogP contribution in [-0.2, 0) is 6.42 Å². The van der Waals surface area contributed by atoms with E-state index in [1.54, 1.807) is 0 Å². The molecule has 0 aromatic heterocycles. The van der Waals surface area contributed by atoms with Crippen LogP contribution in [0.25, 0.3) is 0 Å². The Hall–Kier alpha value is -0.240. The zero-order chi connectivity index (χ0) is 11.3. The van der Waals surface area contributed by atoms with Crippen LogP contribution in [0.2, 0.25) is 10.0 Å². The van der Waals surface area contributed by atoms with Crippen LogP contribution >= 0.6 is 23.2 Å². The third-order valence-electron chi connectivity index (χ3n) is 2.17. The maximum Gasteiger partial charge on any atom is 0.0453 e. The Balaban J connectivity index is 2.43. The average Bonchev–Trinajstić information content (AvgIpc) is 2.15. The number of hydrogen-bond donors (Lipinski definition) is 1. The van der Waals surface area contributed by atoms with Crippen LogP contribution < -0.4 is 5.32 Å². The fourth-order valence-corrected chi connectivity index (χ4v) is 1.96. The highest BCUT2D eigenvalue weighted by Gasteiger charge is 2.04. The molecule has 1 nitrogen and oxygen atoms in total. The van der Waals surface area contributed by atoms with Crippen molar-refractivity contribution in [1.82, 2.24) is 5.32 Å². The summed E-state index contributed by atoms with van der Waals surface area (Å²) in [5, 5.41) is 4.89. The molecule has 0 heterocycles. The fraction of sp³-hybridized carbons (Fsp3) is 0.500. The van der Waals surface area contributed by atoms with Gasteiger partial charge in [-0.05, 0) is 43.1 Å². The summed E-state index contributed by atoms with van der Waals surface area (Å²) in [4.78, 5) is 0. The highest BCUT2D eigenvalue weighted by Crippen LogP contribution is 2.24. The molecule has 0 unspecified atom stereocenters. The molecule has 0 spiro atoms. The third-order valence-corrected chi connectivity index (χ3v) is 2.87. The lowest BCUT2D eigenvalue weighted by atomic mass is 10.1. The molecule has 0 aliphatic heterocycles. The van der Waals surface area contributed by atoms with Gasteiger partial charge in [-0.25, -0.2) is 0 Å². The summed E-state index contributed by atoms with van der Waals surface area (Å²) >= 11 is 12.1. The summed E-state index contributed by atoms with van der Waals surface area (Å²) in [5.41, 5.74) is 1.04. The molecule has 15 heavy (non-hydrogen) atoms. The van der Waals surface area contributed by atoms with E-state index in [2.05, 4.69) is 19.2 Å². The molecule has 1 aromatic carbocycles. The first-order chi connectivity index (χ1) is 7.11. The first-order valence-corrected chi connectivity index (χ1v) is 6.00.